The number of halogens is 3. The number of hydrogen-bond acceptors (Lipinski definition) is 2. The van der Waals surface area contributed by atoms with Gasteiger partial charge in [-0.2, -0.15) is 13.2 Å². The molecule has 0 bridgehead atoms. The van der Waals surface area contributed by atoms with E-state index in [1.54, 1.807) is 6.26 Å². The molecule has 0 aliphatic rings. The Morgan fingerprint density at radius 2 is 1.69 bits per heavy atom. The van der Waals surface area contributed by atoms with E-state index < -0.39 is 22.9 Å². The van der Waals surface area contributed by atoms with E-state index in [1.807, 2.05) is 74.3 Å². The fourth-order valence-electron chi connectivity index (χ4n) is 3.11. The summed E-state index contributed by atoms with van der Waals surface area (Å²) in [5.74, 6) is -1.22. The van der Waals surface area contributed by atoms with Gasteiger partial charge in [-0.05, 0) is 40.8 Å². The Labute approximate surface area is 173 Å². The second-order valence-corrected chi connectivity index (χ2v) is 9.10. The SMILES string of the molecule is CC(C)CN(C)/C(=C\C(C)C(F)(F)F)c1ccc(-c2cccc(S(C)=O)c2)cc1. The fourth-order valence-corrected chi connectivity index (χ4v) is 3.67. The highest BCUT2D eigenvalue weighted by molar-refractivity contribution is 7.84. The summed E-state index contributed by atoms with van der Waals surface area (Å²) in [4.78, 5) is 2.62. The molecule has 2 aromatic carbocycles. The number of rotatable bonds is 7. The molecule has 0 heterocycles. The smallest absolute Gasteiger partial charge is 0.374 e. The molecular weight excluding hydrogens is 395 g/mol. The monoisotopic (exact) mass is 423 g/mol. The first kappa shape index (κ1) is 23.2. The molecule has 2 atom stereocenters. The van der Waals surface area contributed by atoms with Crippen molar-refractivity contribution in [1.29, 1.82) is 0 Å². The molecule has 158 valence electrons. The molecule has 0 aromatic heterocycles. The summed E-state index contributed by atoms with van der Waals surface area (Å²) in [5.41, 5.74) is 3.16. The molecule has 0 fully saturated rings. The molecule has 0 saturated carbocycles. The topological polar surface area (TPSA) is 20.3 Å². The number of alkyl halides is 3. The van der Waals surface area contributed by atoms with E-state index >= 15 is 0 Å². The first-order valence-electron chi connectivity index (χ1n) is 9.53. The van der Waals surface area contributed by atoms with Gasteiger partial charge in [0.1, 0.15) is 0 Å². The molecule has 0 radical (unpaired) electrons. The summed E-state index contributed by atoms with van der Waals surface area (Å²) in [6.45, 7) is 5.90. The van der Waals surface area contributed by atoms with E-state index in [2.05, 4.69) is 0 Å². The predicted molar refractivity (Wildman–Crippen MR) is 115 cm³/mol. The van der Waals surface area contributed by atoms with Crippen LogP contribution in [0.1, 0.15) is 26.3 Å². The van der Waals surface area contributed by atoms with Crippen LogP contribution in [0.3, 0.4) is 0 Å². The van der Waals surface area contributed by atoms with Crippen molar-refractivity contribution in [1.82, 2.24) is 4.90 Å². The third-order valence-electron chi connectivity index (χ3n) is 4.65. The second kappa shape index (κ2) is 9.61. The van der Waals surface area contributed by atoms with E-state index in [0.29, 0.717) is 18.2 Å². The van der Waals surface area contributed by atoms with Gasteiger partial charge in [0.05, 0.1) is 5.92 Å². The van der Waals surface area contributed by atoms with Crippen molar-refractivity contribution < 1.29 is 17.4 Å². The summed E-state index contributed by atoms with van der Waals surface area (Å²) in [5, 5.41) is 0. The van der Waals surface area contributed by atoms with Gasteiger partial charge in [-0.25, -0.2) is 0 Å². The number of hydrogen-bond donors (Lipinski definition) is 0. The Bertz CT molecular complexity index is 872. The molecule has 2 unspecified atom stereocenters. The minimum Gasteiger partial charge on any atom is -0.374 e. The van der Waals surface area contributed by atoms with Crippen molar-refractivity contribution in [3.8, 4) is 11.1 Å². The largest absolute Gasteiger partial charge is 0.394 e. The lowest BCUT2D eigenvalue weighted by Crippen LogP contribution is -2.25. The average molecular weight is 424 g/mol. The van der Waals surface area contributed by atoms with E-state index in [0.717, 1.165) is 21.6 Å². The zero-order chi connectivity index (χ0) is 21.8. The fraction of sp³-hybridized carbons (Fsp3) is 0.391. The summed E-state index contributed by atoms with van der Waals surface area (Å²) in [6, 6.07) is 14.9. The molecule has 29 heavy (non-hydrogen) atoms. The minimum atomic E-state index is -4.28. The van der Waals surface area contributed by atoms with Crippen LogP contribution in [0.15, 0.2) is 59.5 Å². The highest BCUT2D eigenvalue weighted by Gasteiger charge is 2.35. The zero-order valence-electron chi connectivity index (χ0n) is 17.5. The van der Waals surface area contributed by atoms with Crippen LogP contribution >= 0.6 is 0 Å². The van der Waals surface area contributed by atoms with Crippen molar-refractivity contribution >= 4 is 16.5 Å². The third-order valence-corrected chi connectivity index (χ3v) is 5.57. The van der Waals surface area contributed by atoms with Crippen LogP contribution < -0.4 is 0 Å². The Kier molecular flexibility index (Phi) is 7.69. The van der Waals surface area contributed by atoms with Crippen LogP contribution in [0, 0.1) is 11.8 Å². The van der Waals surface area contributed by atoms with Crippen LogP contribution in [0.2, 0.25) is 0 Å². The molecule has 2 aromatic rings. The van der Waals surface area contributed by atoms with E-state index in [4.69, 9.17) is 0 Å². The van der Waals surface area contributed by atoms with Crippen molar-refractivity contribution in [3.05, 3.63) is 60.2 Å². The lowest BCUT2D eigenvalue weighted by atomic mass is 10.00. The lowest BCUT2D eigenvalue weighted by molar-refractivity contribution is -0.156. The highest BCUT2D eigenvalue weighted by atomic mass is 32.2. The lowest BCUT2D eigenvalue weighted by Gasteiger charge is -2.27. The van der Waals surface area contributed by atoms with Gasteiger partial charge in [0.15, 0.2) is 0 Å². The first-order chi connectivity index (χ1) is 13.5. The Morgan fingerprint density at radius 3 is 2.21 bits per heavy atom. The van der Waals surface area contributed by atoms with Crippen molar-refractivity contribution in [2.24, 2.45) is 11.8 Å². The summed E-state index contributed by atoms with van der Waals surface area (Å²) in [6.07, 6.45) is -1.36. The number of allylic oxidation sites excluding steroid dienone is 1. The molecule has 0 N–H and O–H groups in total. The summed E-state index contributed by atoms with van der Waals surface area (Å²) in [7, 11) is 0.748. The number of nitrogens with zero attached hydrogens (tertiary/aromatic N) is 1. The molecule has 0 amide bonds. The van der Waals surface area contributed by atoms with Crippen molar-refractivity contribution in [3.63, 3.8) is 0 Å². The van der Waals surface area contributed by atoms with E-state index in [1.165, 1.54) is 13.0 Å². The maximum atomic E-state index is 13.2. The van der Waals surface area contributed by atoms with Crippen LogP contribution in [0.5, 0.6) is 0 Å². The predicted octanol–water partition coefficient (Wildman–Crippen LogP) is 6.22. The molecule has 2 rings (SSSR count). The van der Waals surface area contributed by atoms with Gasteiger partial charge < -0.3 is 4.90 Å². The molecule has 6 heteroatoms. The molecule has 2 nitrogen and oxygen atoms in total. The summed E-state index contributed by atoms with van der Waals surface area (Å²) >= 11 is 0. The Balaban J connectivity index is 2.41. The van der Waals surface area contributed by atoms with Crippen molar-refractivity contribution in [2.75, 3.05) is 19.8 Å². The van der Waals surface area contributed by atoms with Gasteiger partial charge in [-0.3, -0.25) is 4.21 Å². The standard InChI is InChI=1S/C23H28F3NOS/c1-16(2)15-27(4)22(13-17(3)23(24,25)26)19-11-9-18(10-12-19)20-7-6-8-21(14-20)29(5)28/h6-14,16-17H,15H2,1-5H3/b22-13-. The van der Waals surface area contributed by atoms with E-state index in [9.17, 15) is 17.4 Å². The van der Waals surface area contributed by atoms with Gasteiger partial charge in [0, 0.05) is 41.2 Å². The third kappa shape index (κ3) is 6.46. The van der Waals surface area contributed by atoms with Crippen LogP contribution in [-0.4, -0.2) is 35.1 Å². The second-order valence-electron chi connectivity index (χ2n) is 7.72. The Hall–Kier alpha value is -2.08. The molecule has 0 aliphatic heterocycles. The maximum absolute atomic E-state index is 13.2. The highest BCUT2D eigenvalue weighted by Crippen LogP contribution is 2.32. The zero-order valence-corrected chi connectivity index (χ0v) is 18.3. The molecule has 0 spiro atoms. The van der Waals surface area contributed by atoms with Gasteiger partial charge in [-0.1, -0.05) is 57.2 Å². The summed E-state index contributed by atoms with van der Waals surface area (Å²) < 4.78 is 51.2. The molecular formula is C23H28F3NOS. The van der Waals surface area contributed by atoms with Crippen LogP contribution in [-0.2, 0) is 10.8 Å². The van der Waals surface area contributed by atoms with Gasteiger partial charge in [0.25, 0.3) is 0 Å². The average Bonchev–Trinajstić information content (AvgIpc) is 2.64. The molecule has 0 saturated heterocycles. The van der Waals surface area contributed by atoms with Gasteiger partial charge in [-0.15, -0.1) is 0 Å². The molecule has 0 aliphatic carbocycles. The van der Waals surface area contributed by atoms with Gasteiger partial charge in [0.2, 0.25) is 0 Å². The Morgan fingerprint density at radius 1 is 1.07 bits per heavy atom. The van der Waals surface area contributed by atoms with Crippen molar-refractivity contribution in [2.45, 2.75) is 31.8 Å². The van der Waals surface area contributed by atoms with E-state index in [-0.39, 0.29) is 0 Å². The van der Waals surface area contributed by atoms with Crippen LogP contribution in [0.4, 0.5) is 13.2 Å². The minimum absolute atomic E-state index is 0.321. The van der Waals surface area contributed by atoms with Crippen LogP contribution in [0.25, 0.3) is 16.8 Å². The first-order valence-corrected chi connectivity index (χ1v) is 11.1. The van der Waals surface area contributed by atoms with Gasteiger partial charge >= 0.3 is 6.18 Å². The maximum Gasteiger partial charge on any atom is 0.394 e. The normalized spacial score (nSPS) is 14.7. The quantitative estimate of drug-likeness (QED) is 0.527. The number of benzene rings is 2.